The van der Waals surface area contributed by atoms with E-state index in [4.69, 9.17) is 15.0 Å². The topological polar surface area (TPSA) is 43.6 Å². The van der Waals surface area contributed by atoms with E-state index in [2.05, 4.69) is 229 Å². The van der Waals surface area contributed by atoms with Crippen LogP contribution in [0.15, 0.2) is 243 Å². The highest BCUT2D eigenvalue weighted by molar-refractivity contribution is 6.23. The van der Waals surface area contributed by atoms with Gasteiger partial charge in [0.25, 0.3) is 0 Å². The molecule has 4 nitrogen and oxygen atoms in total. The maximum atomic E-state index is 5.46. The number of hydrogen-bond donors (Lipinski definition) is 0. The first-order valence-electron chi connectivity index (χ1n) is 22.8. The summed E-state index contributed by atoms with van der Waals surface area (Å²) in [5.74, 6) is 1.84. The van der Waals surface area contributed by atoms with Gasteiger partial charge in [-0.3, -0.25) is 0 Å². The van der Waals surface area contributed by atoms with Crippen molar-refractivity contribution in [2.45, 2.75) is 0 Å². The van der Waals surface area contributed by atoms with Gasteiger partial charge in [0.1, 0.15) is 0 Å². The molecule has 0 bridgehead atoms. The average molecular weight is 853 g/mol. The third-order valence-corrected chi connectivity index (χ3v) is 13.2. The molecule has 0 atom stereocenters. The van der Waals surface area contributed by atoms with Crippen LogP contribution >= 0.6 is 0 Å². The summed E-state index contributed by atoms with van der Waals surface area (Å²) in [6, 6.07) is 86.7. The molecule has 0 N–H and O–H groups in total. The van der Waals surface area contributed by atoms with Gasteiger partial charge in [-0.05, 0) is 84.9 Å². The van der Waals surface area contributed by atoms with E-state index in [0.29, 0.717) is 17.5 Å². The predicted molar refractivity (Wildman–Crippen MR) is 279 cm³/mol. The maximum absolute atomic E-state index is 5.46. The fourth-order valence-corrected chi connectivity index (χ4v) is 10.1. The second kappa shape index (κ2) is 15.9. The highest BCUT2D eigenvalue weighted by Crippen LogP contribution is 2.47. The molecule has 0 fully saturated rings. The Bertz CT molecular complexity index is 4000. The van der Waals surface area contributed by atoms with Crippen LogP contribution in [0.25, 0.3) is 127 Å². The third-order valence-electron chi connectivity index (χ3n) is 13.2. The Hall–Kier alpha value is -8.99. The minimum absolute atomic E-state index is 0.601. The van der Waals surface area contributed by atoms with Gasteiger partial charge in [-0.15, -0.1) is 0 Å². The van der Waals surface area contributed by atoms with Crippen LogP contribution < -0.4 is 0 Å². The number of fused-ring (bicyclic) bond motifs is 7. The minimum atomic E-state index is 0.601. The first-order chi connectivity index (χ1) is 33.2. The van der Waals surface area contributed by atoms with Crippen LogP contribution in [0.3, 0.4) is 0 Å². The molecule has 0 radical (unpaired) electrons. The first kappa shape index (κ1) is 38.5. The Morgan fingerprint density at radius 3 is 1.49 bits per heavy atom. The molecule has 0 spiro atoms. The lowest BCUT2D eigenvalue weighted by Crippen LogP contribution is -2.04. The van der Waals surface area contributed by atoms with Crippen LogP contribution in [-0.4, -0.2) is 19.5 Å². The highest BCUT2D eigenvalue weighted by Gasteiger charge is 2.25. The van der Waals surface area contributed by atoms with Crippen molar-refractivity contribution in [1.29, 1.82) is 0 Å². The number of nitrogens with zero attached hydrogens (tertiary/aromatic N) is 4. The van der Waals surface area contributed by atoms with Crippen LogP contribution in [0.4, 0.5) is 0 Å². The molecule has 0 unspecified atom stereocenters. The lowest BCUT2D eigenvalue weighted by molar-refractivity contribution is 1.08. The highest BCUT2D eigenvalue weighted by atomic mass is 15.0. The van der Waals surface area contributed by atoms with E-state index in [1.807, 2.05) is 18.2 Å². The van der Waals surface area contributed by atoms with Gasteiger partial charge in [0.05, 0.1) is 16.7 Å². The summed E-state index contributed by atoms with van der Waals surface area (Å²) < 4.78 is 2.49. The second-order valence-electron chi connectivity index (χ2n) is 17.1. The first-order valence-corrected chi connectivity index (χ1v) is 22.8. The summed E-state index contributed by atoms with van der Waals surface area (Å²) in [7, 11) is 0. The van der Waals surface area contributed by atoms with E-state index in [1.54, 1.807) is 0 Å². The quantitative estimate of drug-likeness (QED) is 0.160. The number of rotatable bonds is 7. The van der Waals surface area contributed by atoms with E-state index in [9.17, 15) is 0 Å². The largest absolute Gasteiger partial charge is 0.309 e. The van der Waals surface area contributed by atoms with Crippen LogP contribution in [0.2, 0.25) is 0 Å². The summed E-state index contributed by atoms with van der Waals surface area (Å²) in [5, 5.41) is 9.51. The molecule has 4 heteroatoms. The van der Waals surface area contributed by atoms with Gasteiger partial charge in [0, 0.05) is 38.6 Å². The van der Waals surface area contributed by atoms with Crippen molar-refractivity contribution in [2.75, 3.05) is 0 Å². The van der Waals surface area contributed by atoms with Crippen molar-refractivity contribution in [3.8, 4) is 73.2 Å². The maximum Gasteiger partial charge on any atom is 0.164 e. The zero-order chi connectivity index (χ0) is 44.3. The second-order valence-corrected chi connectivity index (χ2v) is 17.1. The Labute approximate surface area is 387 Å². The molecule has 13 aromatic rings. The molecular formula is C63H40N4. The predicted octanol–water partition coefficient (Wildman–Crippen LogP) is 16.4. The molecule has 11 aromatic carbocycles. The molecule has 0 aliphatic heterocycles. The minimum Gasteiger partial charge on any atom is -0.309 e. The Morgan fingerprint density at radius 1 is 0.269 bits per heavy atom. The SMILES string of the molecule is c1ccc(-c2ccc(-c3c(-n4c5cc6ccccc6cc5c5c6ccccc6ccc54)ccc(-c4nc(-c5ccccc5)nc(-c5cccc6ccccc56)n4)c3-c3ccccc3)cc2)cc1. The van der Waals surface area contributed by atoms with Crippen molar-refractivity contribution < 1.29 is 0 Å². The van der Waals surface area contributed by atoms with Crippen molar-refractivity contribution >= 4 is 54.1 Å². The van der Waals surface area contributed by atoms with Crippen LogP contribution in [0.5, 0.6) is 0 Å². The molecule has 0 saturated carbocycles. The zero-order valence-electron chi connectivity index (χ0n) is 36.4. The molecule has 0 saturated heterocycles. The van der Waals surface area contributed by atoms with Crippen molar-refractivity contribution in [3.63, 3.8) is 0 Å². The molecule has 2 heterocycles. The molecule has 312 valence electrons. The zero-order valence-corrected chi connectivity index (χ0v) is 36.4. The Kier molecular flexibility index (Phi) is 9.14. The lowest BCUT2D eigenvalue weighted by Gasteiger charge is -2.22. The Balaban J connectivity index is 1.16. The summed E-state index contributed by atoms with van der Waals surface area (Å²) >= 11 is 0. The monoisotopic (exact) mass is 852 g/mol. The molecule has 67 heavy (non-hydrogen) atoms. The normalized spacial score (nSPS) is 11.6. The standard InChI is InChI=1S/C63H40N4/c1-4-17-41(18-5-1)42-31-33-46(34-32-42)59-55(67-56-37-35-44-20-13-15-29-51(44)60(56)54-39-48-25-10-11-26-49(48)40-57(54)67)38-36-53(58(59)45-21-6-2-7-22-45)63-65-61(47-23-8-3-9-24-47)64-62(66-63)52-30-16-27-43-19-12-14-28-50(43)52/h1-40H. The van der Waals surface area contributed by atoms with Crippen molar-refractivity contribution in [3.05, 3.63) is 243 Å². The van der Waals surface area contributed by atoms with Gasteiger partial charge in [-0.25, -0.2) is 15.0 Å². The van der Waals surface area contributed by atoms with Gasteiger partial charge < -0.3 is 4.57 Å². The molecule has 0 aliphatic carbocycles. The van der Waals surface area contributed by atoms with E-state index < -0.39 is 0 Å². The van der Waals surface area contributed by atoms with E-state index in [-0.39, 0.29) is 0 Å². The lowest BCUT2D eigenvalue weighted by atomic mass is 9.87. The van der Waals surface area contributed by atoms with Gasteiger partial charge >= 0.3 is 0 Å². The van der Waals surface area contributed by atoms with Crippen LogP contribution in [0.1, 0.15) is 0 Å². The van der Waals surface area contributed by atoms with Gasteiger partial charge in [0.2, 0.25) is 0 Å². The van der Waals surface area contributed by atoms with Gasteiger partial charge in [0.15, 0.2) is 17.5 Å². The fourth-order valence-electron chi connectivity index (χ4n) is 10.1. The van der Waals surface area contributed by atoms with E-state index >= 15 is 0 Å². The molecule has 0 amide bonds. The van der Waals surface area contributed by atoms with E-state index in [1.165, 1.54) is 37.9 Å². The summed E-state index contributed by atoms with van der Waals surface area (Å²) in [6.07, 6.45) is 0. The third kappa shape index (κ3) is 6.57. The van der Waals surface area contributed by atoms with Crippen molar-refractivity contribution in [2.24, 2.45) is 0 Å². The molecular weight excluding hydrogens is 813 g/mol. The average Bonchev–Trinajstić information content (AvgIpc) is 3.73. The smallest absolute Gasteiger partial charge is 0.164 e. The van der Waals surface area contributed by atoms with Gasteiger partial charge in [-0.2, -0.15) is 0 Å². The summed E-state index contributed by atoms with van der Waals surface area (Å²) in [4.78, 5) is 16.1. The van der Waals surface area contributed by atoms with Crippen molar-refractivity contribution in [1.82, 2.24) is 19.5 Å². The number of benzene rings is 11. The van der Waals surface area contributed by atoms with Crippen LogP contribution in [-0.2, 0) is 0 Å². The fraction of sp³-hybridized carbons (Fsp3) is 0. The summed E-state index contributed by atoms with van der Waals surface area (Å²) in [6.45, 7) is 0. The number of aromatic nitrogens is 4. The Morgan fingerprint density at radius 2 is 0.776 bits per heavy atom. The summed E-state index contributed by atoms with van der Waals surface area (Å²) in [5.41, 5.74) is 12.7. The molecule has 2 aromatic heterocycles. The van der Waals surface area contributed by atoms with Gasteiger partial charge in [-0.1, -0.05) is 212 Å². The molecule has 0 aliphatic rings. The molecule has 13 rings (SSSR count). The number of hydrogen-bond acceptors (Lipinski definition) is 3. The van der Waals surface area contributed by atoms with Crippen LogP contribution in [0, 0.1) is 0 Å². The van der Waals surface area contributed by atoms with E-state index in [0.717, 1.165) is 72.0 Å².